The van der Waals surface area contributed by atoms with Crippen LogP contribution in [0, 0.1) is 0 Å². The predicted molar refractivity (Wildman–Crippen MR) is 69.9 cm³/mol. The third-order valence-corrected chi connectivity index (χ3v) is 3.19. The minimum absolute atomic E-state index is 0.348. The zero-order valence-electron chi connectivity index (χ0n) is 10.8. The number of aromatic nitrogens is 1. The van der Waals surface area contributed by atoms with Crippen LogP contribution >= 0.6 is 0 Å². The number of nitrogens with zero attached hydrogens (tertiary/aromatic N) is 2. The average Bonchev–Trinajstić information content (AvgIpc) is 2.63. The van der Waals surface area contributed by atoms with Gasteiger partial charge < -0.3 is 15.0 Å². The monoisotopic (exact) mass is 249 g/mol. The topological polar surface area (TPSA) is 54.5 Å². The Labute approximate surface area is 107 Å². The van der Waals surface area contributed by atoms with E-state index in [0.717, 1.165) is 31.9 Å². The number of carbonyl (C=O) groups is 1. The number of rotatable bonds is 2. The van der Waals surface area contributed by atoms with Gasteiger partial charge in [-0.3, -0.25) is 0 Å². The molecule has 1 aromatic heterocycles. The molecule has 5 heteroatoms. The summed E-state index contributed by atoms with van der Waals surface area (Å²) in [6.07, 6.45) is 2.68. The second-order valence-electron chi connectivity index (χ2n) is 4.50. The highest BCUT2D eigenvalue weighted by Gasteiger charge is 2.18. The molecule has 1 aliphatic heterocycles. The fraction of sp³-hybridized carbons (Fsp3) is 0.538. The second kappa shape index (κ2) is 5.82. The Hall–Kier alpha value is -1.62. The van der Waals surface area contributed by atoms with Gasteiger partial charge in [0.1, 0.15) is 5.82 Å². The number of ether oxygens (including phenoxy) is 1. The molecule has 1 fully saturated rings. The highest BCUT2D eigenvalue weighted by atomic mass is 16.5. The van der Waals surface area contributed by atoms with Crippen LogP contribution < -0.4 is 10.2 Å². The van der Waals surface area contributed by atoms with Crippen molar-refractivity contribution in [1.29, 1.82) is 0 Å². The summed E-state index contributed by atoms with van der Waals surface area (Å²) in [5, 5.41) is 3.39. The molecule has 0 spiro atoms. The Bertz CT molecular complexity index is 405. The predicted octanol–water partition coefficient (Wildman–Crippen LogP) is 1.06. The number of nitrogens with one attached hydrogen (secondary N) is 1. The second-order valence-corrected chi connectivity index (χ2v) is 4.50. The third kappa shape index (κ3) is 2.79. The number of hydrogen-bond acceptors (Lipinski definition) is 5. The van der Waals surface area contributed by atoms with E-state index in [9.17, 15) is 4.79 Å². The zero-order chi connectivity index (χ0) is 13.0. The summed E-state index contributed by atoms with van der Waals surface area (Å²) in [6, 6.07) is 4.05. The van der Waals surface area contributed by atoms with Gasteiger partial charge in [-0.05, 0) is 32.0 Å². The van der Waals surface area contributed by atoms with E-state index in [2.05, 4.69) is 26.9 Å². The Morgan fingerprint density at radius 1 is 1.56 bits per heavy atom. The van der Waals surface area contributed by atoms with Gasteiger partial charge in [-0.25, -0.2) is 9.78 Å². The van der Waals surface area contributed by atoms with Crippen LogP contribution in [0.3, 0.4) is 0 Å². The Morgan fingerprint density at radius 3 is 3.06 bits per heavy atom. The van der Waals surface area contributed by atoms with Crippen LogP contribution in [-0.4, -0.2) is 43.7 Å². The smallest absolute Gasteiger partial charge is 0.339 e. The first-order chi connectivity index (χ1) is 8.72. The Kier molecular flexibility index (Phi) is 4.15. The molecule has 0 radical (unpaired) electrons. The van der Waals surface area contributed by atoms with E-state index in [0.29, 0.717) is 11.6 Å². The number of methoxy groups -OCH3 is 1. The molecule has 1 aromatic rings. The normalized spacial score (nSPS) is 20.3. The van der Waals surface area contributed by atoms with E-state index in [4.69, 9.17) is 0 Å². The van der Waals surface area contributed by atoms with Crippen LogP contribution in [0.15, 0.2) is 18.3 Å². The molecule has 0 aromatic carbocycles. The van der Waals surface area contributed by atoms with E-state index in [1.54, 1.807) is 12.3 Å². The SMILES string of the molecule is COC(=O)c1ccc(N2CCCNCC2C)nc1. The maximum Gasteiger partial charge on any atom is 0.339 e. The van der Waals surface area contributed by atoms with Gasteiger partial charge in [-0.1, -0.05) is 0 Å². The van der Waals surface area contributed by atoms with Crippen LogP contribution in [-0.2, 0) is 4.74 Å². The van der Waals surface area contributed by atoms with Crippen LogP contribution in [0.4, 0.5) is 5.82 Å². The summed E-state index contributed by atoms with van der Waals surface area (Å²) in [4.78, 5) is 18.0. The molecule has 98 valence electrons. The summed E-state index contributed by atoms with van der Waals surface area (Å²) in [7, 11) is 1.37. The van der Waals surface area contributed by atoms with Gasteiger partial charge >= 0.3 is 5.97 Å². The van der Waals surface area contributed by atoms with Gasteiger partial charge in [0.25, 0.3) is 0 Å². The number of pyridine rings is 1. The van der Waals surface area contributed by atoms with Crippen molar-refractivity contribution < 1.29 is 9.53 Å². The largest absolute Gasteiger partial charge is 0.465 e. The summed E-state index contributed by atoms with van der Waals surface area (Å²) in [6.45, 7) is 5.16. The van der Waals surface area contributed by atoms with Crippen molar-refractivity contribution in [3.63, 3.8) is 0 Å². The van der Waals surface area contributed by atoms with Crippen molar-refractivity contribution in [1.82, 2.24) is 10.3 Å². The fourth-order valence-corrected chi connectivity index (χ4v) is 2.15. The van der Waals surface area contributed by atoms with E-state index in [1.165, 1.54) is 7.11 Å². The maximum absolute atomic E-state index is 11.3. The highest BCUT2D eigenvalue weighted by Crippen LogP contribution is 2.16. The molecule has 1 unspecified atom stereocenters. The fourth-order valence-electron chi connectivity index (χ4n) is 2.15. The number of anilines is 1. The van der Waals surface area contributed by atoms with E-state index < -0.39 is 0 Å². The van der Waals surface area contributed by atoms with Gasteiger partial charge in [-0.15, -0.1) is 0 Å². The lowest BCUT2D eigenvalue weighted by Gasteiger charge is -2.27. The van der Waals surface area contributed by atoms with Crippen molar-refractivity contribution in [2.24, 2.45) is 0 Å². The summed E-state index contributed by atoms with van der Waals surface area (Å²) in [5.41, 5.74) is 0.488. The highest BCUT2D eigenvalue weighted by molar-refractivity contribution is 5.89. The van der Waals surface area contributed by atoms with Gasteiger partial charge in [0, 0.05) is 25.3 Å². The van der Waals surface area contributed by atoms with Gasteiger partial charge in [0.05, 0.1) is 12.7 Å². The molecule has 0 saturated carbocycles. The molecule has 5 nitrogen and oxygen atoms in total. The zero-order valence-corrected chi connectivity index (χ0v) is 10.8. The summed E-state index contributed by atoms with van der Waals surface area (Å²) < 4.78 is 4.66. The van der Waals surface area contributed by atoms with Gasteiger partial charge in [-0.2, -0.15) is 0 Å². The van der Waals surface area contributed by atoms with Crippen LogP contribution in [0.5, 0.6) is 0 Å². The lowest BCUT2D eigenvalue weighted by molar-refractivity contribution is 0.0600. The molecule has 18 heavy (non-hydrogen) atoms. The average molecular weight is 249 g/mol. The molecule has 2 heterocycles. The summed E-state index contributed by atoms with van der Waals surface area (Å²) in [5.74, 6) is 0.568. The van der Waals surface area contributed by atoms with Crippen molar-refractivity contribution in [2.45, 2.75) is 19.4 Å². The van der Waals surface area contributed by atoms with Crippen LogP contribution in [0.1, 0.15) is 23.7 Å². The molecule has 1 saturated heterocycles. The van der Waals surface area contributed by atoms with Crippen molar-refractivity contribution in [3.05, 3.63) is 23.9 Å². The van der Waals surface area contributed by atoms with E-state index in [1.807, 2.05) is 6.07 Å². The molecule has 0 aliphatic carbocycles. The lowest BCUT2D eigenvalue weighted by Crippen LogP contribution is -2.37. The Balaban J connectivity index is 2.15. The standard InChI is InChI=1S/C13H19N3O2/c1-10-8-14-6-3-7-16(10)12-5-4-11(9-15-12)13(17)18-2/h4-5,9-10,14H,3,6-8H2,1-2H3. The summed E-state index contributed by atoms with van der Waals surface area (Å²) >= 11 is 0. The number of hydrogen-bond donors (Lipinski definition) is 1. The maximum atomic E-state index is 11.3. The minimum atomic E-state index is -0.348. The molecule has 0 bridgehead atoms. The first-order valence-electron chi connectivity index (χ1n) is 6.24. The van der Waals surface area contributed by atoms with Gasteiger partial charge in [0.15, 0.2) is 0 Å². The number of carbonyl (C=O) groups excluding carboxylic acids is 1. The Morgan fingerprint density at radius 2 is 2.39 bits per heavy atom. The first-order valence-corrected chi connectivity index (χ1v) is 6.24. The minimum Gasteiger partial charge on any atom is -0.465 e. The molecule has 1 N–H and O–H groups in total. The van der Waals surface area contributed by atoms with Crippen LogP contribution in [0.2, 0.25) is 0 Å². The van der Waals surface area contributed by atoms with E-state index in [-0.39, 0.29) is 5.97 Å². The quantitative estimate of drug-likeness (QED) is 0.794. The van der Waals surface area contributed by atoms with Crippen molar-refractivity contribution in [3.8, 4) is 0 Å². The van der Waals surface area contributed by atoms with Crippen LogP contribution in [0.25, 0.3) is 0 Å². The lowest BCUT2D eigenvalue weighted by atomic mass is 10.2. The molecule has 1 atom stereocenters. The van der Waals surface area contributed by atoms with Gasteiger partial charge in [0.2, 0.25) is 0 Å². The molecule has 2 rings (SSSR count). The van der Waals surface area contributed by atoms with E-state index >= 15 is 0 Å². The molecular weight excluding hydrogens is 230 g/mol. The molecule has 0 amide bonds. The van der Waals surface area contributed by atoms with Crippen molar-refractivity contribution in [2.75, 3.05) is 31.6 Å². The van der Waals surface area contributed by atoms with Crippen molar-refractivity contribution >= 4 is 11.8 Å². The molecular formula is C13H19N3O2. The molecule has 1 aliphatic rings. The first kappa shape index (κ1) is 12.8. The third-order valence-electron chi connectivity index (χ3n) is 3.19. The number of esters is 1.